The van der Waals surface area contributed by atoms with Gasteiger partial charge >= 0.3 is 0 Å². The molecule has 0 fully saturated rings. The van der Waals surface area contributed by atoms with Crippen LogP contribution in [-0.2, 0) is 0 Å². The summed E-state index contributed by atoms with van der Waals surface area (Å²) >= 11 is 2.01. The van der Waals surface area contributed by atoms with Gasteiger partial charge in [0, 0.05) is 34.8 Å². The largest absolute Gasteiger partial charge is 0.490 e. The highest BCUT2D eigenvalue weighted by molar-refractivity contribution is 14.1. The Labute approximate surface area is 114 Å². The molecule has 0 saturated carbocycles. The van der Waals surface area contributed by atoms with E-state index in [1.165, 1.54) is 0 Å². The van der Waals surface area contributed by atoms with E-state index in [0.717, 1.165) is 16.5 Å². The molecule has 2 aromatic carbocycles. The van der Waals surface area contributed by atoms with Crippen molar-refractivity contribution in [1.82, 2.24) is 3.53 Å². The molecular weight excluding hydrogens is 329 g/mol. The maximum Gasteiger partial charge on any atom is 0.127 e. The van der Waals surface area contributed by atoms with Gasteiger partial charge in [-0.1, -0.05) is 36.4 Å². The van der Waals surface area contributed by atoms with Crippen molar-refractivity contribution in [3.05, 3.63) is 42.5 Å². The van der Waals surface area contributed by atoms with Gasteiger partial charge in [-0.25, -0.2) is 0 Å². The minimum atomic E-state index is -0.495. The van der Waals surface area contributed by atoms with Crippen molar-refractivity contribution in [2.75, 3.05) is 13.2 Å². The van der Waals surface area contributed by atoms with Gasteiger partial charge in [0.2, 0.25) is 0 Å². The molecule has 0 radical (unpaired) electrons. The van der Waals surface area contributed by atoms with Crippen molar-refractivity contribution >= 4 is 33.6 Å². The van der Waals surface area contributed by atoms with E-state index >= 15 is 0 Å². The molecule has 0 spiro atoms. The minimum Gasteiger partial charge on any atom is -0.490 e. The van der Waals surface area contributed by atoms with Crippen LogP contribution in [0.15, 0.2) is 42.5 Å². The number of aliphatic hydroxyl groups excluding tert-OH is 1. The van der Waals surface area contributed by atoms with Crippen molar-refractivity contribution in [3.63, 3.8) is 0 Å². The van der Waals surface area contributed by atoms with Gasteiger partial charge in [0.15, 0.2) is 0 Å². The van der Waals surface area contributed by atoms with Crippen LogP contribution >= 0.6 is 22.9 Å². The summed E-state index contributed by atoms with van der Waals surface area (Å²) in [6.07, 6.45) is -0.495. The first-order chi connectivity index (χ1) is 8.31. The predicted octanol–water partition coefficient (Wildman–Crippen LogP) is 2.52. The zero-order valence-corrected chi connectivity index (χ0v) is 11.4. The lowest BCUT2D eigenvalue weighted by molar-refractivity contribution is 0.113. The highest BCUT2D eigenvalue weighted by Gasteiger charge is 2.06. The third kappa shape index (κ3) is 3.31. The van der Waals surface area contributed by atoms with Crippen LogP contribution in [0.25, 0.3) is 10.8 Å². The molecule has 0 heterocycles. The zero-order chi connectivity index (χ0) is 12.1. The van der Waals surface area contributed by atoms with Gasteiger partial charge in [0.1, 0.15) is 18.5 Å². The molecule has 0 amide bonds. The lowest BCUT2D eigenvalue weighted by Gasteiger charge is -2.13. The number of fused-ring (bicyclic) bond motifs is 1. The summed E-state index contributed by atoms with van der Waals surface area (Å²) in [6, 6.07) is 14.0. The Kier molecular flexibility index (Phi) is 4.58. The number of hydrogen-bond acceptors (Lipinski definition) is 3. The molecule has 0 bridgehead atoms. The van der Waals surface area contributed by atoms with E-state index in [9.17, 15) is 5.11 Å². The zero-order valence-electron chi connectivity index (χ0n) is 9.27. The number of aliphatic hydroxyl groups is 1. The van der Waals surface area contributed by atoms with E-state index in [4.69, 9.17) is 4.74 Å². The number of benzene rings is 2. The molecule has 2 rings (SSSR count). The van der Waals surface area contributed by atoms with E-state index in [-0.39, 0.29) is 0 Å². The maximum atomic E-state index is 9.59. The summed E-state index contributed by atoms with van der Waals surface area (Å²) in [7, 11) is 0. The van der Waals surface area contributed by atoms with E-state index < -0.39 is 6.10 Å². The van der Waals surface area contributed by atoms with Gasteiger partial charge in [0.05, 0.1) is 0 Å². The molecule has 0 saturated heterocycles. The Bertz CT molecular complexity index is 484. The normalized spacial score (nSPS) is 12.6. The fourth-order valence-corrected chi connectivity index (χ4v) is 2.16. The van der Waals surface area contributed by atoms with E-state index in [2.05, 4.69) is 3.53 Å². The predicted molar refractivity (Wildman–Crippen MR) is 77.5 cm³/mol. The summed E-state index contributed by atoms with van der Waals surface area (Å²) in [5.41, 5.74) is 0. The van der Waals surface area contributed by atoms with Crippen molar-refractivity contribution in [2.24, 2.45) is 0 Å². The third-order valence-electron chi connectivity index (χ3n) is 2.49. The quantitative estimate of drug-likeness (QED) is 0.648. The molecule has 90 valence electrons. The number of hydrogen-bond donors (Lipinski definition) is 2. The summed E-state index contributed by atoms with van der Waals surface area (Å²) in [4.78, 5) is 0. The van der Waals surface area contributed by atoms with E-state index in [1.54, 1.807) is 0 Å². The van der Waals surface area contributed by atoms with Crippen LogP contribution in [0.4, 0.5) is 0 Å². The molecule has 2 N–H and O–H groups in total. The molecule has 0 aliphatic rings. The second-order valence-corrected chi connectivity index (χ2v) is 4.54. The average Bonchev–Trinajstić information content (AvgIpc) is 2.36. The van der Waals surface area contributed by atoms with Crippen molar-refractivity contribution in [3.8, 4) is 5.75 Å². The first kappa shape index (κ1) is 12.6. The lowest BCUT2D eigenvalue weighted by Crippen LogP contribution is -2.26. The van der Waals surface area contributed by atoms with Crippen LogP contribution in [0.1, 0.15) is 0 Å². The van der Waals surface area contributed by atoms with Crippen molar-refractivity contribution in [1.29, 1.82) is 0 Å². The van der Waals surface area contributed by atoms with Gasteiger partial charge in [-0.15, -0.1) is 0 Å². The average molecular weight is 343 g/mol. The summed E-state index contributed by atoms with van der Waals surface area (Å²) < 4.78 is 8.52. The molecule has 17 heavy (non-hydrogen) atoms. The maximum absolute atomic E-state index is 9.59. The van der Waals surface area contributed by atoms with Gasteiger partial charge < -0.3 is 9.84 Å². The van der Waals surface area contributed by atoms with Crippen molar-refractivity contribution in [2.45, 2.75) is 6.10 Å². The first-order valence-corrected chi connectivity index (χ1v) is 6.51. The third-order valence-corrected chi connectivity index (χ3v) is 2.93. The molecule has 2 aromatic rings. The molecule has 0 aliphatic heterocycles. The van der Waals surface area contributed by atoms with Crippen LogP contribution in [0.3, 0.4) is 0 Å². The molecule has 0 aromatic heterocycles. The second-order valence-electron chi connectivity index (χ2n) is 3.78. The highest BCUT2D eigenvalue weighted by atomic mass is 127. The highest BCUT2D eigenvalue weighted by Crippen LogP contribution is 2.25. The number of rotatable bonds is 5. The molecule has 4 heteroatoms. The van der Waals surface area contributed by atoms with Gasteiger partial charge in [-0.3, -0.25) is 3.53 Å². The molecule has 1 unspecified atom stereocenters. The topological polar surface area (TPSA) is 41.5 Å². The van der Waals surface area contributed by atoms with Gasteiger partial charge in [0.25, 0.3) is 0 Å². The lowest BCUT2D eigenvalue weighted by atomic mass is 10.1. The number of nitrogens with one attached hydrogen (secondary N) is 1. The van der Waals surface area contributed by atoms with E-state index in [0.29, 0.717) is 13.2 Å². The Balaban J connectivity index is 2.13. The van der Waals surface area contributed by atoms with Crippen molar-refractivity contribution < 1.29 is 9.84 Å². The van der Waals surface area contributed by atoms with Crippen LogP contribution in [0, 0.1) is 0 Å². The Morgan fingerprint density at radius 3 is 2.76 bits per heavy atom. The van der Waals surface area contributed by atoms with Crippen LogP contribution in [0.5, 0.6) is 5.75 Å². The fourth-order valence-electron chi connectivity index (χ4n) is 1.66. The Hall–Kier alpha value is -0.850. The van der Waals surface area contributed by atoms with E-state index in [1.807, 2.05) is 65.3 Å². The standard InChI is InChI=1S/C13H14INO2/c14-15-8-11(16)9-17-13-7-3-5-10-4-1-2-6-12(10)13/h1-7,11,15-16H,8-9H2. The Morgan fingerprint density at radius 2 is 1.94 bits per heavy atom. The summed E-state index contributed by atoms with van der Waals surface area (Å²) in [5, 5.41) is 11.8. The number of halogens is 1. The monoisotopic (exact) mass is 343 g/mol. The molecular formula is C13H14INO2. The molecule has 1 atom stereocenters. The van der Waals surface area contributed by atoms with Crippen LogP contribution < -0.4 is 8.27 Å². The second kappa shape index (κ2) is 6.18. The Morgan fingerprint density at radius 1 is 1.18 bits per heavy atom. The van der Waals surface area contributed by atoms with Crippen LogP contribution in [-0.4, -0.2) is 24.4 Å². The summed E-state index contributed by atoms with van der Waals surface area (Å²) in [5.74, 6) is 0.815. The van der Waals surface area contributed by atoms with Gasteiger partial charge in [-0.05, 0) is 11.5 Å². The van der Waals surface area contributed by atoms with Gasteiger partial charge in [-0.2, -0.15) is 0 Å². The summed E-state index contributed by atoms with van der Waals surface area (Å²) in [6.45, 7) is 0.815. The van der Waals surface area contributed by atoms with Crippen LogP contribution in [0.2, 0.25) is 0 Å². The fraction of sp³-hybridized carbons (Fsp3) is 0.231. The minimum absolute atomic E-state index is 0.296. The first-order valence-electron chi connectivity index (χ1n) is 5.43. The SMILES string of the molecule is OC(CNI)COc1cccc2ccccc12. The molecule has 0 aliphatic carbocycles. The number of ether oxygens (including phenoxy) is 1. The smallest absolute Gasteiger partial charge is 0.127 e. The molecule has 3 nitrogen and oxygen atoms in total.